The lowest BCUT2D eigenvalue weighted by atomic mass is 10.0. The molecule has 0 radical (unpaired) electrons. The van der Waals surface area contributed by atoms with Crippen molar-refractivity contribution in [2.75, 3.05) is 20.2 Å². The molecule has 1 aromatic carbocycles. The summed E-state index contributed by atoms with van der Waals surface area (Å²) >= 11 is 0. The molecule has 8 nitrogen and oxygen atoms in total. The van der Waals surface area contributed by atoms with Gasteiger partial charge < -0.3 is 14.7 Å². The molecule has 1 N–H and O–H groups in total. The van der Waals surface area contributed by atoms with E-state index in [2.05, 4.69) is 26.8 Å². The maximum Gasteiger partial charge on any atom is 0.356 e. The van der Waals surface area contributed by atoms with Crippen LogP contribution in [0.5, 0.6) is 0 Å². The summed E-state index contributed by atoms with van der Waals surface area (Å²) in [6.45, 7) is 2.41. The van der Waals surface area contributed by atoms with E-state index in [1.165, 1.54) is 4.90 Å². The Labute approximate surface area is 191 Å². The molecule has 0 bridgehead atoms. The van der Waals surface area contributed by atoms with Crippen LogP contribution in [0.3, 0.4) is 0 Å². The zero-order valence-corrected chi connectivity index (χ0v) is 18.3. The Hall–Kier alpha value is -4.09. The fourth-order valence-corrected chi connectivity index (χ4v) is 3.47. The van der Waals surface area contributed by atoms with Crippen LogP contribution in [0.2, 0.25) is 0 Å². The number of carbonyl (C=O) groups is 2. The molecule has 4 rings (SSSR count). The highest BCUT2D eigenvalue weighted by Crippen LogP contribution is 2.26. The highest BCUT2D eigenvalue weighted by Gasteiger charge is 2.42. The van der Waals surface area contributed by atoms with Crippen molar-refractivity contribution in [2.24, 2.45) is 0 Å². The molecule has 3 heterocycles. The molecule has 3 aromatic rings. The quantitative estimate of drug-likeness (QED) is 0.488. The van der Waals surface area contributed by atoms with E-state index in [4.69, 9.17) is 4.74 Å². The van der Waals surface area contributed by atoms with Gasteiger partial charge in [0.1, 0.15) is 5.69 Å². The summed E-state index contributed by atoms with van der Waals surface area (Å²) < 4.78 is 5.13. The lowest BCUT2D eigenvalue weighted by Crippen LogP contribution is -2.37. The number of pyridine rings is 1. The second kappa shape index (κ2) is 9.18. The van der Waals surface area contributed by atoms with Crippen LogP contribution in [0.4, 0.5) is 0 Å². The summed E-state index contributed by atoms with van der Waals surface area (Å²) in [5.41, 5.74) is 0.902. The molecule has 33 heavy (non-hydrogen) atoms. The molecule has 166 valence electrons. The number of aromatic nitrogens is 3. The maximum absolute atomic E-state index is 12.4. The first-order valence-corrected chi connectivity index (χ1v) is 10.5. The molecule has 2 aromatic heterocycles. The first kappa shape index (κ1) is 22.1. The summed E-state index contributed by atoms with van der Waals surface area (Å²) in [5.74, 6) is 5.13. The van der Waals surface area contributed by atoms with Crippen LogP contribution in [0, 0.1) is 11.8 Å². The van der Waals surface area contributed by atoms with Gasteiger partial charge in [-0.2, -0.15) is 0 Å². The van der Waals surface area contributed by atoms with Crippen molar-refractivity contribution >= 4 is 11.9 Å². The number of ether oxygens (including phenoxy) is 1. The largest absolute Gasteiger partial charge is 0.461 e. The zero-order chi connectivity index (χ0) is 23.4. The molecule has 0 saturated carbocycles. The van der Waals surface area contributed by atoms with E-state index < -0.39 is 17.5 Å². The summed E-state index contributed by atoms with van der Waals surface area (Å²) in [4.78, 5) is 39.0. The molecule has 0 spiro atoms. The Morgan fingerprint density at radius 2 is 1.97 bits per heavy atom. The first-order valence-electron chi connectivity index (χ1n) is 10.5. The van der Waals surface area contributed by atoms with Gasteiger partial charge in [0.15, 0.2) is 5.82 Å². The van der Waals surface area contributed by atoms with Gasteiger partial charge in [-0.15, -0.1) is 0 Å². The van der Waals surface area contributed by atoms with Crippen molar-refractivity contribution in [3.05, 3.63) is 66.1 Å². The number of esters is 1. The van der Waals surface area contributed by atoms with Crippen LogP contribution < -0.4 is 0 Å². The number of hydrogen-bond acceptors (Lipinski definition) is 7. The van der Waals surface area contributed by atoms with Crippen LogP contribution >= 0.6 is 0 Å². The number of benzene rings is 1. The van der Waals surface area contributed by atoms with Gasteiger partial charge in [0.05, 0.1) is 12.3 Å². The van der Waals surface area contributed by atoms with Crippen molar-refractivity contribution in [3.63, 3.8) is 0 Å². The standard InChI is InChI=1S/C25H22N4O4/c1-3-33-23(30)21-16-19(22-26-11-5-12-27-22)15-20(28-21)18-7-4-6-17(14-18)8-9-25(32)10-13-29(2)24(25)31/h4-7,11-12,14-16,32H,3,10,13H2,1-2H3/t25-/m0/s1. The van der Waals surface area contributed by atoms with E-state index in [-0.39, 0.29) is 18.7 Å². The van der Waals surface area contributed by atoms with Crippen LogP contribution in [0.25, 0.3) is 22.6 Å². The third-order valence-corrected chi connectivity index (χ3v) is 5.22. The molecule has 1 aliphatic heterocycles. The number of rotatable bonds is 4. The molecule has 0 unspecified atom stereocenters. The van der Waals surface area contributed by atoms with Crippen LogP contribution in [0.1, 0.15) is 29.4 Å². The van der Waals surface area contributed by atoms with E-state index in [0.717, 1.165) is 0 Å². The normalized spacial score (nSPS) is 17.4. The SMILES string of the molecule is CCOC(=O)c1cc(-c2ncccn2)cc(-c2cccc(C#C[C@]3(O)CCN(C)C3=O)c2)n1. The monoisotopic (exact) mass is 442 g/mol. The van der Waals surface area contributed by atoms with E-state index in [0.29, 0.717) is 34.8 Å². The third-order valence-electron chi connectivity index (χ3n) is 5.22. The number of nitrogens with zero attached hydrogens (tertiary/aromatic N) is 4. The molecular weight excluding hydrogens is 420 g/mol. The second-order valence-corrected chi connectivity index (χ2v) is 7.59. The van der Waals surface area contributed by atoms with E-state index in [1.54, 1.807) is 62.8 Å². The van der Waals surface area contributed by atoms with Gasteiger partial charge in [0, 0.05) is 49.1 Å². The molecule has 1 amide bonds. The van der Waals surface area contributed by atoms with Gasteiger partial charge in [-0.25, -0.2) is 19.7 Å². The maximum atomic E-state index is 12.4. The van der Waals surface area contributed by atoms with E-state index in [1.807, 2.05) is 6.07 Å². The number of likely N-dealkylation sites (tertiary alicyclic amines) is 1. The summed E-state index contributed by atoms with van der Waals surface area (Å²) in [6.07, 6.45) is 3.50. The zero-order valence-electron chi connectivity index (χ0n) is 18.3. The Kier molecular flexibility index (Phi) is 6.16. The predicted octanol–water partition coefficient (Wildman–Crippen LogP) is 2.33. The molecule has 1 atom stereocenters. The third kappa shape index (κ3) is 4.73. The Morgan fingerprint density at radius 3 is 2.67 bits per heavy atom. The molecule has 8 heteroatoms. The van der Waals surface area contributed by atoms with Crippen molar-refractivity contribution < 1.29 is 19.4 Å². The van der Waals surface area contributed by atoms with Gasteiger partial charge in [-0.1, -0.05) is 24.0 Å². The Bertz CT molecular complexity index is 1270. The van der Waals surface area contributed by atoms with Gasteiger partial charge in [-0.3, -0.25) is 4.79 Å². The number of hydrogen-bond donors (Lipinski definition) is 1. The van der Waals surface area contributed by atoms with Gasteiger partial charge in [-0.05, 0) is 37.3 Å². The van der Waals surface area contributed by atoms with Gasteiger partial charge in [0.2, 0.25) is 5.60 Å². The van der Waals surface area contributed by atoms with Crippen LogP contribution in [-0.4, -0.2) is 62.6 Å². The number of amides is 1. The highest BCUT2D eigenvalue weighted by atomic mass is 16.5. The van der Waals surface area contributed by atoms with E-state index in [9.17, 15) is 14.7 Å². The predicted molar refractivity (Wildman–Crippen MR) is 121 cm³/mol. The van der Waals surface area contributed by atoms with Crippen molar-refractivity contribution in [1.82, 2.24) is 19.9 Å². The lowest BCUT2D eigenvalue weighted by molar-refractivity contribution is -0.137. The molecule has 1 fully saturated rings. The smallest absolute Gasteiger partial charge is 0.356 e. The fourth-order valence-electron chi connectivity index (χ4n) is 3.47. The van der Waals surface area contributed by atoms with Gasteiger partial charge >= 0.3 is 5.97 Å². The Balaban J connectivity index is 1.73. The van der Waals surface area contributed by atoms with E-state index >= 15 is 0 Å². The average molecular weight is 442 g/mol. The number of aliphatic hydroxyl groups is 1. The Morgan fingerprint density at radius 1 is 1.18 bits per heavy atom. The summed E-state index contributed by atoms with van der Waals surface area (Å²) in [6, 6.07) is 12.3. The number of carbonyl (C=O) groups excluding carboxylic acids is 2. The molecule has 0 aliphatic carbocycles. The molecule has 1 aliphatic rings. The molecule has 1 saturated heterocycles. The average Bonchev–Trinajstić information content (AvgIpc) is 3.11. The minimum absolute atomic E-state index is 0.141. The first-order chi connectivity index (χ1) is 15.9. The number of likely N-dealkylation sites (N-methyl/N-ethyl adjacent to an activating group) is 1. The van der Waals surface area contributed by atoms with Gasteiger partial charge in [0.25, 0.3) is 5.91 Å². The summed E-state index contributed by atoms with van der Waals surface area (Å²) in [5, 5.41) is 10.5. The van der Waals surface area contributed by atoms with Crippen molar-refractivity contribution in [2.45, 2.75) is 18.9 Å². The van der Waals surface area contributed by atoms with Crippen LogP contribution in [0.15, 0.2) is 54.9 Å². The van der Waals surface area contributed by atoms with Crippen LogP contribution in [-0.2, 0) is 9.53 Å². The minimum atomic E-state index is -1.68. The molecular formula is C25H22N4O4. The minimum Gasteiger partial charge on any atom is -0.461 e. The highest BCUT2D eigenvalue weighted by molar-refractivity contribution is 5.91. The van der Waals surface area contributed by atoms with Crippen molar-refractivity contribution in [1.29, 1.82) is 0 Å². The van der Waals surface area contributed by atoms with Crippen molar-refractivity contribution in [3.8, 4) is 34.5 Å². The second-order valence-electron chi connectivity index (χ2n) is 7.59. The lowest BCUT2D eigenvalue weighted by Gasteiger charge is -2.13. The summed E-state index contributed by atoms with van der Waals surface area (Å²) in [7, 11) is 1.64. The fraction of sp³-hybridized carbons (Fsp3) is 0.240. The topological polar surface area (TPSA) is 106 Å².